The number of nitrogens with zero attached hydrogens (tertiary/aromatic N) is 2. The van der Waals surface area contributed by atoms with Crippen LogP contribution >= 0.6 is 0 Å². The van der Waals surface area contributed by atoms with Crippen molar-refractivity contribution in [1.29, 1.82) is 0 Å². The van der Waals surface area contributed by atoms with Crippen LogP contribution in [0.25, 0.3) is 0 Å². The van der Waals surface area contributed by atoms with Gasteiger partial charge in [0.2, 0.25) is 0 Å². The van der Waals surface area contributed by atoms with Crippen LogP contribution < -0.4 is 20.3 Å². The monoisotopic (exact) mass is 422 g/mol. The molecule has 0 saturated carbocycles. The van der Waals surface area contributed by atoms with Gasteiger partial charge in [0.1, 0.15) is 12.4 Å². The summed E-state index contributed by atoms with van der Waals surface area (Å²) in [5.41, 5.74) is 4.74. The van der Waals surface area contributed by atoms with Gasteiger partial charge in [0, 0.05) is 51.1 Å². The zero-order chi connectivity index (χ0) is 21.9. The lowest BCUT2D eigenvalue weighted by Gasteiger charge is -2.18. The molecule has 0 saturated heterocycles. The second-order valence-corrected chi connectivity index (χ2v) is 7.48. The molecule has 6 heteroatoms. The van der Waals surface area contributed by atoms with Crippen molar-refractivity contribution >= 4 is 11.6 Å². The first kappa shape index (κ1) is 22.7. The summed E-state index contributed by atoms with van der Waals surface area (Å²) in [5.74, 6) is 1.64. The highest BCUT2D eigenvalue weighted by atomic mass is 16.5. The standard InChI is InChI=1S/C25H34N4O2/c1-4-30-15-16-31-24-17-20(2)7-10-22(24)19-28-25(26-3)27-18-21-8-11-23(12-9-21)29-13-5-6-14-29/h5-12,17H,4,13-16,18-19H2,1-3H3,(H2,26,27,28). The van der Waals surface area contributed by atoms with E-state index in [-0.39, 0.29) is 0 Å². The molecule has 6 nitrogen and oxygen atoms in total. The molecule has 0 spiro atoms. The summed E-state index contributed by atoms with van der Waals surface area (Å²) in [6.07, 6.45) is 4.41. The normalized spacial score (nSPS) is 13.5. The Bertz CT molecular complexity index is 870. The van der Waals surface area contributed by atoms with Crippen molar-refractivity contribution in [2.24, 2.45) is 4.99 Å². The molecule has 1 aliphatic rings. The van der Waals surface area contributed by atoms with E-state index in [2.05, 4.69) is 82.1 Å². The first-order chi connectivity index (χ1) is 15.2. The van der Waals surface area contributed by atoms with Crippen LogP contribution in [0.5, 0.6) is 5.75 Å². The van der Waals surface area contributed by atoms with Crippen LogP contribution in [0, 0.1) is 6.92 Å². The smallest absolute Gasteiger partial charge is 0.191 e. The van der Waals surface area contributed by atoms with Gasteiger partial charge in [-0.25, -0.2) is 0 Å². The van der Waals surface area contributed by atoms with E-state index in [0.29, 0.717) is 32.9 Å². The maximum absolute atomic E-state index is 5.93. The molecule has 0 radical (unpaired) electrons. The van der Waals surface area contributed by atoms with Crippen molar-refractivity contribution in [3.63, 3.8) is 0 Å². The lowest BCUT2D eigenvalue weighted by molar-refractivity contribution is 0.110. The molecule has 2 N–H and O–H groups in total. The molecule has 1 heterocycles. The average Bonchev–Trinajstić information content (AvgIpc) is 3.33. The summed E-state index contributed by atoms with van der Waals surface area (Å²) in [4.78, 5) is 6.69. The number of guanidine groups is 1. The van der Waals surface area contributed by atoms with Gasteiger partial charge in [0.25, 0.3) is 0 Å². The van der Waals surface area contributed by atoms with Crippen molar-refractivity contribution in [1.82, 2.24) is 10.6 Å². The molecule has 0 aromatic heterocycles. The molecule has 0 unspecified atom stereocenters. The van der Waals surface area contributed by atoms with Crippen molar-refractivity contribution < 1.29 is 9.47 Å². The van der Waals surface area contributed by atoms with Crippen molar-refractivity contribution in [3.8, 4) is 5.75 Å². The third kappa shape index (κ3) is 7.03. The van der Waals surface area contributed by atoms with Gasteiger partial charge in [-0.05, 0) is 43.2 Å². The molecule has 166 valence electrons. The quantitative estimate of drug-likeness (QED) is 0.265. The van der Waals surface area contributed by atoms with Crippen molar-refractivity contribution in [2.75, 3.05) is 44.9 Å². The average molecular weight is 423 g/mol. The van der Waals surface area contributed by atoms with Gasteiger partial charge in [0.05, 0.1) is 6.61 Å². The van der Waals surface area contributed by atoms with Gasteiger partial charge in [-0.3, -0.25) is 4.99 Å². The van der Waals surface area contributed by atoms with E-state index in [1.165, 1.54) is 16.8 Å². The zero-order valence-corrected chi connectivity index (χ0v) is 18.9. The molecule has 0 amide bonds. The van der Waals surface area contributed by atoms with Crippen LogP contribution in [0.3, 0.4) is 0 Å². The van der Waals surface area contributed by atoms with Crippen LogP contribution in [0.4, 0.5) is 5.69 Å². The van der Waals surface area contributed by atoms with E-state index < -0.39 is 0 Å². The van der Waals surface area contributed by atoms with E-state index in [9.17, 15) is 0 Å². The van der Waals surface area contributed by atoms with Crippen LogP contribution in [-0.2, 0) is 17.8 Å². The summed E-state index contributed by atoms with van der Waals surface area (Å²) in [6.45, 7) is 9.21. The fourth-order valence-electron chi connectivity index (χ4n) is 3.40. The van der Waals surface area contributed by atoms with Crippen LogP contribution in [0.2, 0.25) is 0 Å². The number of aryl methyl sites for hydroxylation is 1. The van der Waals surface area contributed by atoms with E-state index in [4.69, 9.17) is 9.47 Å². The summed E-state index contributed by atoms with van der Waals surface area (Å²) >= 11 is 0. The second kappa shape index (κ2) is 12.0. The Morgan fingerprint density at radius 1 is 1.00 bits per heavy atom. The molecule has 2 aromatic rings. The topological polar surface area (TPSA) is 58.1 Å². The number of nitrogens with one attached hydrogen (secondary N) is 2. The number of hydrogen-bond donors (Lipinski definition) is 2. The Labute approximate surface area is 186 Å². The lowest BCUT2D eigenvalue weighted by atomic mass is 10.1. The number of ether oxygens (including phenoxy) is 2. The Hall–Kier alpha value is -2.99. The SMILES string of the molecule is CCOCCOc1cc(C)ccc1CNC(=NC)NCc1ccc(N2CC=CC2)cc1. The molecular weight excluding hydrogens is 388 g/mol. The highest BCUT2D eigenvalue weighted by molar-refractivity contribution is 5.79. The van der Waals surface area contributed by atoms with E-state index in [1.54, 1.807) is 7.05 Å². The third-order valence-corrected chi connectivity index (χ3v) is 5.16. The molecule has 2 aromatic carbocycles. The Kier molecular flexibility index (Phi) is 8.79. The zero-order valence-electron chi connectivity index (χ0n) is 18.9. The summed E-state index contributed by atoms with van der Waals surface area (Å²) < 4.78 is 11.3. The van der Waals surface area contributed by atoms with Crippen molar-refractivity contribution in [2.45, 2.75) is 26.9 Å². The molecule has 3 rings (SSSR count). The van der Waals surface area contributed by atoms with Crippen LogP contribution in [-0.4, -0.2) is 45.9 Å². The van der Waals surface area contributed by atoms with Crippen LogP contribution in [0.1, 0.15) is 23.6 Å². The lowest BCUT2D eigenvalue weighted by Crippen LogP contribution is -2.36. The minimum absolute atomic E-state index is 0.542. The largest absolute Gasteiger partial charge is 0.491 e. The molecule has 0 bridgehead atoms. The van der Waals surface area contributed by atoms with Crippen molar-refractivity contribution in [3.05, 3.63) is 71.3 Å². The maximum atomic E-state index is 5.93. The molecule has 0 aliphatic carbocycles. The fraction of sp³-hybridized carbons (Fsp3) is 0.400. The van der Waals surface area contributed by atoms with Gasteiger partial charge in [-0.15, -0.1) is 0 Å². The molecule has 31 heavy (non-hydrogen) atoms. The summed E-state index contributed by atoms with van der Waals surface area (Å²) in [5, 5.41) is 6.77. The summed E-state index contributed by atoms with van der Waals surface area (Å²) in [6, 6.07) is 14.9. The summed E-state index contributed by atoms with van der Waals surface area (Å²) in [7, 11) is 1.79. The number of aliphatic imine (C=N–C) groups is 1. The van der Waals surface area contributed by atoms with Crippen LogP contribution in [0.15, 0.2) is 59.6 Å². The minimum Gasteiger partial charge on any atom is -0.491 e. The van der Waals surface area contributed by atoms with Gasteiger partial charge in [0.15, 0.2) is 5.96 Å². The Balaban J connectivity index is 1.50. The number of anilines is 1. The predicted octanol–water partition coefficient (Wildman–Crippen LogP) is 3.65. The highest BCUT2D eigenvalue weighted by Crippen LogP contribution is 2.20. The highest BCUT2D eigenvalue weighted by Gasteiger charge is 2.08. The Morgan fingerprint density at radius 2 is 1.74 bits per heavy atom. The molecule has 1 aliphatic heterocycles. The first-order valence-corrected chi connectivity index (χ1v) is 10.9. The van der Waals surface area contributed by atoms with Gasteiger partial charge < -0.3 is 25.0 Å². The van der Waals surface area contributed by atoms with E-state index in [0.717, 1.165) is 30.4 Å². The van der Waals surface area contributed by atoms with Gasteiger partial charge >= 0.3 is 0 Å². The van der Waals surface area contributed by atoms with Gasteiger partial charge in [-0.1, -0.05) is 36.4 Å². The predicted molar refractivity (Wildman–Crippen MR) is 128 cm³/mol. The minimum atomic E-state index is 0.542. The van der Waals surface area contributed by atoms with Gasteiger partial charge in [-0.2, -0.15) is 0 Å². The number of benzene rings is 2. The number of hydrogen-bond acceptors (Lipinski definition) is 4. The number of rotatable bonds is 10. The first-order valence-electron chi connectivity index (χ1n) is 10.9. The molecule has 0 atom stereocenters. The fourth-order valence-corrected chi connectivity index (χ4v) is 3.40. The Morgan fingerprint density at radius 3 is 2.45 bits per heavy atom. The molecular formula is C25H34N4O2. The second-order valence-electron chi connectivity index (χ2n) is 7.48. The molecule has 0 fully saturated rings. The third-order valence-electron chi connectivity index (χ3n) is 5.16. The maximum Gasteiger partial charge on any atom is 0.191 e. The van der Waals surface area contributed by atoms with E-state index >= 15 is 0 Å². The van der Waals surface area contributed by atoms with E-state index in [1.807, 2.05) is 6.92 Å².